The van der Waals surface area contributed by atoms with Gasteiger partial charge in [-0.15, -0.1) is 24.8 Å². The number of fused-ring (bicyclic) bond motifs is 1. The number of amides is 1. The molecule has 0 bridgehead atoms. The number of anilines is 1. The molecule has 0 saturated carbocycles. The summed E-state index contributed by atoms with van der Waals surface area (Å²) in [6.45, 7) is 16.8. The van der Waals surface area contributed by atoms with Crippen LogP contribution in [-0.4, -0.2) is 90.7 Å². The van der Waals surface area contributed by atoms with Crippen LogP contribution in [0.15, 0.2) is 36.5 Å². The van der Waals surface area contributed by atoms with Crippen molar-refractivity contribution >= 4 is 36.4 Å². The Hall–Kier alpha value is -1.81. The van der Waals surface area contributed by atoms with Gasteiger partial charge < -0.3 is 15.5 Å². The number of hydrogen-bond donors (Lipinski definition) is 2. The minimum atomic E-state index is -0.235. The third kappa shape index (κ3) is 7.52. The summed E-state index contributed by atoms with van der Waals surface area (Å²) in [6, 6.07) is 10.3. The summed E-state index contributed by atoms with van der Waals surface area (Å²) < 4.78 is 13.4. The lowest BCUT2D eigenvalue weighted by Crippen LogP contribution is -2.63. The van der Waals surface area contributed by atoms with Crippen LogP contribution in [0.4, 0.5) is 10.1 Å². The van der Waals surface area contributed by atoms with Crippen LogP contribution < -0.4 is 15.5 Å². The fourth-order valence-corrected chi connectivity index (χ4v) is 6.49. The van der Waals surface area contributed by atoms with E-state index in [1.54, 1.807) is 12.1 Å². The number of benzene rings is 1. The Balaban J connectivity index is 0.00000220. The quantitative estimate of drug-likeness (QED) is 0.532. The van der Waals surface area contributed by atoms with Crippen LogP contribution in [-0.2, 0) is 16.6 Å². The van der Waals surface area contributed by atoms with Gasteiger partial charge in [0.2, 0.25) is 5.91 Å². The Labute approximate surface area is 251 Å². The number of halogens is 3. The number of nitrogens with one attached hydrogen (secondary N) is 2. The van der Waals surface area contributed by atoms with Crippen molar-refractivity contribution in [3.8, 4) is 0 Å². The lowest BCUT2D eigenvalue weighted by molar-refractivity contribution is -0.120. The van der Waals surface area contributed by atoms with E-state index in [-0.39, 0.29) is 42.0 Å². The predicted molar refractivity (Wildman–Crippen MR) is 165 cm³/mol. The number of carbonyl (C=O) groups excluding carboxylic acids is 1. The fourth-order valence-electron chi connectivity index (χ4n) is 6.49. The summed E-state index contributed by atoms with van der Waals surface area (Å²) >= 11 is 0. The van der Waals surface area contributed by atoms with Gasteiger partial charge >= 0.3 is 0 Å². The zero-order valence-electron chi connectivity index (χ0n) is 24.3. The third-order valence-electron chi connectivity index (χ3n) is 8.20. The van der Waals surface area contributed by atoms with Crippen LogP contribution in [0, 0.1) is 5.82 Å². The molecule has 2 aromatic rings. The van der Waals surface area contributed by atoms with Gasteiger partial charge in [0, 0.05) is 75.0 Å². The molecule has 4 heterocycles. The molecule has 5 rings (SSSR count). The van der Waals surface area contributed by atoms with Crippen molar-refractivity contribution in [3.63, 3.8) is 0 Å². The van der Waals surface area contributed by atoms with Crippen molar-refractivity contribution in [1.82, 2.24) is 25.4 Å². The molecule has 1 amide bonds. The second-order valence-electron chi connectivity index (χ2n) is 12.5. The zero-order valence-corrected chi connectivity index (χ0v) is 26.0. The van der Waals surface area contributed by atoms with E-state index in [1.807, 2.05) is 11.1 Å². The van der Waals surface area contributed by atoms with Gasteiger partial charge in [-0.1, -0.05) is 26.0 Å². The molecule has 40 heavy (non-hydrogen) atoms. The van der Waals surface area contributed by atoms with E-state index in [0.29, 0.717) is 43.7 Å². The largest absolute Gasteiger partial charge is 0.311 e. The Morgan fingerprint density at radius 2 is 1.70 bits per heavy atom. The molecule has 0 aliphatic carbocycles. The van der Waals surface area contributed by atoms with Crippen molar-refractivity contribution in [2.24, 2.45) is 0 Å². The van der Waals surface area contributed by atoms with Crippen LogP contribution in [0.1, 0.15) is 51.4 Å². The minimum Gasteiger partial charge on any atom is -0.311 e. The molecule has 0 spiro atoms. The van der Waals surface area contributed by atoms with Gasteiger partial charge in [-0.25, -0.2) is 4.39 Å². The van der Waals surface area contributed by atoms with E-state index in [2.05, 4.69) is 61.1 Å². The van der Waals surface area contributed by atoms with Gasteiger partial charge in [0.05, 0.1) is 17.9 Å². The normalized spacial score (nSPS) is 26.5. The van der Waals surface area contributed by atoms with Gasteiger partial charge in [-0.05, 0) is 56.5 Å². The van der Waals surface area contributed by atoms with E-state index >= 15 is 0 Å². The molecular formula is C30H45Cl2FN6O. The average molecular weight is 596 g/mol. The Morgan fingerprint density at radius 1 is 1.02 bits per heavy atom. The molecular weight excluding hydrogens is 550 g/mol. The maximum Gasteiger partial charge on any atom is 0.241 e. The van der Waals surface area contributed by atoms with Gasteiger partial charge in [-0.2, -0.15) is 0 Å². The van der Waals surface area contributed by atoms with Crippen LogP contribution in [0.5, 0.6) is 0 Å². The van der Waals surface area contributed by atoms with Gasteiger partial charge in [-0.3, -0.25) is 19.6 Å². The first-order valence-electron chi connectivity index (χ1n) is 14.1. The number of aromatic nitrogens is 1. The van der Waals surface area contributed by atoms with Gasteiger partial charge in [0.1, 0.15) is 5.82 Å². The molecule has 2 fully saturated rings. The molecule has 1 aromatic carbocycles. The SMILES string of the molecule is C[C@@H]1CN(CC(=O)N2CC(C)(C)c3ncc(Cc4ccc(F)cc4)cc32)[C@@H](CN2C[C@@H](C)N[C@@H](C)C2)CN1.Cl.Cl. The van der Waals surface area contributed by atoms with Crippen molar-refractivity contribution in [3.05, 3.63) is 59.2 Å². The summed E-state index contributed by atoms with van der Waals surface area (Å²) in [5.74, 6) is -0.0976. The first kappa shape index (κ1) is 32.7. The summed E-state index contributed by atoms with van der Waals surface area (Å²) in [7, 11) is 0. The number of nitrogens with zero attached hydrogens (tertiary/aromatic N) is 4. The lowest BCUT2D eigenvalue weighted by atomic mass is 9.91. The molecule has 7 nitrogen and oxygen atoms in total. The highest BCUT2D eigenvalue weighted by atomic mass is 35.5. The Morgan fingerprint density at radius 3 is 2.38 bits per heavy atom. The minimum absolute atomic E-state index is 0. The molecule has 1 aromatic heterocycles. The molecule has 3 aliphatic rings. The van der Waals surface area contributed by atoms with Crippen LogP contribution in [0.3, 0.4) is 0 Å². The van der Waals surface area contributed by atoms with E-state index < -0.39 is 0 Å². The van der Waals surface area contributed by atoms with Crippen molar-refractivity contribution in [2.45, 2.75) is 70.6 Å². The maximum absolute atomic E-state index is 13.9. The fraction of sp³-hybridized carbons (Fsp3) is 0.600. The number of pyridine rings is 1. The molecule has 4 atom stereocenters. The Kier molecular flexibility index (Phi) is 11.0. The van der Waals surface area contributed by atoms with Crippen LogP contribution in [0.2, 0.25) is 0 Å². The monoisotopic (exact) mass is 594 g/mol. The third-order valence-corrected chi connectivity index (χ3v) is 8.20. The second-order valence-corrected chi connectivity index (χ2v) is 12.5. The highest BCUT2D eigenvalue weighted by molar-refractivity contribution is 5.97. The van der Waals surface area contributed by atoms with Gasteiger partial charge in [0.15, 0.2) is 0 Å². The summed E-state index contributed by atoms with van der Waals surface area (Å²) in [5, 5.41) is 7.26. The highest BCUT2D eigenvalue weighted by Crippen LogP contribution is 2.39. The van der Waals surface area contributed by atoms with E-state index in [1.165, 1.54) is 12.1 Å². The molecule has 0 unspecified atom stereocenters. The molecule has 10 heteroatoms. The summed E-state index contributed by atoms with van der Waals surface area (Å²) in [6.07, 6.45) is 2.56. The standard InChI is InChI=1S/C30H43FN6O.2ClH/c1-20-16-36(26(13-32-20)17-35-14-21(2)34-22(3)15-35)18-28(38)37-19-30(4,5)29-27(37)11-24(12-33-29)10-23-6-8-25(31)9-7-23;;/h6-9,11-12,20-22,26,32,34H,10,13-19H2,1-5H3;2*1H/t20-,21-,22+,26-;;/m1../s1. The van der Waals surface area contributed by atoms with Crippen molar-refractivity contribution in [1.29, 1.82) is 0 Å². The lowest BCUT2D eigenvalue weighted by Gasteiger charge is -2.44. The number of rotatable bonds is 6. The maximum atomic E-state index is 13.9. The summed E-state index contributed by atoms with van der Waals surface area (Å²) in [5.41, 5.74) is 3.74. The molecule has 3 aliphatic heterocycles. The van der Waals surface area contributed by atoms with E-state index in [9.17, 15) is 9.18 Å². The zero-order chi connectivity index (χ0) is 27.0. The van der Waals surface area contributed by atoms with E-state index in [4.69, 9.17) is 4.98 Å². The molecule has 0 radical (unpaired) electrons. The first-order valence-corrected chi connectivity index (χ1v) is 14.1. The van der Waals surface area contributed by atoms with Gasteiger partial charge in [0.25, 0.3) is 0 Å². The highest BCUT2D eigenvalue weighted by Gasteiger charge is 2.41. The molecule has 2 N–H and O–H groups in total. The van der Waals surface area contributed by atoms with Crippen LogP contribution >= 0.6 is 24.8 Å². The van der Waals surface area contributed by atoms with Crippen molar-refractivity contribution < 1.29 is 9.18 Å². The molecule has 2 saturated heterocycles. The Bertz CT molecular complexity index is 1140. The number of carbonyl (C=O) groups is 1. The van der Waals surface area contributed by atoms with E-state index in [0.717, 1.165) is 55.2 Å². The first-order chi connectivity index (χ1) is 18.1. The van der Waals surface area contributed by atoms with Crippen molar-refractivity contribution in [2.75, 3.05) is 50.7 Å². The second kappa shape index (κ2) is 13.4. The topological polar surface area (TPSA) is 63.7 Å². The average Bonchev–Trinajstić information content (AvgIpc) is 3.12. The van der Waals surface area contributed by atoms with Crippen LogP contribution in [0.25, 0.3) is 0 Å². The molecule has 222 valence electrons. The number of piperazine rings is 2. The smallest absolute Gasteiger partial charge is 0.241 e. The summed E-state index contributed by atoms with van der Waals surface area (Å²) in [4.78, 5) is 25.6. The number of hydrogen-bond acceptors (Lipinski definition) is 6. The predicted octanol–water partition coefficient (Wildman–Crippen LogP) is 3.62.